The molecule has 2 aromatic heterocycles. The molecule has 108 valence electrons. The van der Waals surface area contributed by atoms with E-state index in [-0.39, 0.29) is 17.0 Å². The van der Waals surface area contributed by atoms with Crippen LogP contribution in [0, 0.1) is 6.08 Å². The van der Waals surface area contributed by atoms with Crippen LogP contribution in [0.5, 0.6) is 0 Å². The fraction of sp³-hybridized carbons (Fsp3) is 0.500. The Morgan fingerprint density at radius 3 is 2.75 bits per heavy atom. The molecule has 3 heterocycles. The molecule has 9 nitrogen and oxygen atoms in total. The second-order valence-electron chi connectivity index (χ2n) is 4.43. The summed E-state index contributed by atoms with van der Waals surface area (Å²) in [6.07, 6.45) is -4.38. The normalized spacial score (nSPS) is 30.2. The maximum atomic E-state index is 13.2. The lowest BCUT2D eigenvalue weighted by Gasteiger charge is -2.16. The minimum atomic E-state index is -1.32. The van der Waals surface area contributed by atoms with Gasteiger partial charge in [-0.05, 0) is 0 Å². The van der Waals surface area contributed by atoms with Crippen molar-refractivity contribution in [1.29, 1.82) is 0 Å². The van der Waals surface area contributed by atoms with Crippen LogP contribution in [0.4, 0.5) is 10.2 Å². The Kier molecular flexibility index (Phi) is 3.01. The van der Waals surface area contributed by atoms with Gasteiger partial charge in [0.1, 0.15) is 18.3 Å². The van der Waals surface area contributed by atoms with Gasteiger partial charge in [-0.3, -0.25) is 4.57 Å². The third kappa shape index (κ3) is 1.81. The molecule has 2 unspecified atom stereocenters. The lowest BCUT2D eigenvalue weighted by atomic mass is 10.1. The number of aliphatic hydroxyl groups excluding tert-OH is 3. The molecule has 1 aliphatic heterocycles. The number of nitrogens with two attached hydrogens (primary N) is 1. The van der Waals surface area contributed by atoms with Gasteiger partial charge < -0.3 is 25.8 Å². The number of aliphatic hydroxyl groups is 3. The molecule has 0 aromatic carbocycles. The Morgan fingerprint density at radius 2 is 2.10 bits per heavy atom. The molecule has 0 saturated carbocycles. The predicted molar refractivity (Wildman–Crippen MR) is 62.7 cm³/mol. The molecule has 0 radical (unpaired) electrons. The van der Waals surface area contributed by atoms with E-state index >= 15 is 0 Å². The van der Waals surface area contributed by atoms with Gasteiger partial charge in [0.25, 0.3) is 0 Å². The second-order valence-corrected chi connectivity index (χ2v) is 4.43. The van der Waals surface area contributed by atoms with E-state index in [1.165, 1.54) is 10.9 Å². The average molecular weight is 285 g/mol. The molecule has 0 aliphatic carbocycles. The van der Waals surface area contributed by atoms with Gasteiger partial charge in [0, 0.05) is 0 Å². The Hall–Kier alpha value is -1.88. The molecule has 0 amide bonds. The van der Waals surface area contributed by atoms with E-state index < -0.39 is 37.2 Å². The van der Waals surface area contributed by atoms with Crippen molar-refractivity contribution in [3.63, 3.8) is 0 Å². The zero-order valence-electron chi connectivity index (χ0n) is 10.1. The molecular formula is C10H12FN5O4. The molecule has 2 aromatic rings. The minimum absolute atomic E-state index is 0.0323. The van der Waals surface area contributed by atoms with Crippen molar-refractivity contribution in [3.05, 3.63) is 12.4 Å². The highest BCUT2D eigenvalue weighted by Gasteiger charge is 2.44. The molecule has 10 heteroatoms. The van der Waals surface area contributed by atoms with Crippen molar-refractivity contribution in [2.45, 2.75) is 24.5 Å². The van der Waals surface area contributed by atoms with Crippen LogP contribution in [0.1, 0.15) is 6.23 Å². The van der Waals surface area contributed by atoms with Gasteiger partial charge in [-0.2, -0.15) is 14.4 Å². The highest BCUT2D eigenvalue weighted by Crippen LogP contribution is 2.31. The van der Waals surface area contributed by atoms with Crippen molar-refractivity contribution in [3.8, 4) is 0 Å². The summed E-state index contributed by atoms with van der Waals surface area (Å²) in [6.45, 7) is -0.465. The van der Waals surface area contributed by atoms with E-state index in [1.54, 1.807) is 0 Å². The summed E-state index contributed by atoms with van der Waals surface area (Å²) in [5.74, 6) is -0.141. The van der Waals surface area contributed by atoms with Crippen LogP contribution in [0.25, 0.3) is 11.2 Å². The summed E-state index contributed by atoms with van der Waals surface area (Å²) in [5, 5.41) is 28.7. The molecule has 0 bridgehead atoms. The highest BCUT2D eigenvalue weighted by atomic mass is 19.1. The van der Waals surface area contributed by atoms with Gasteiger partial charge in [0.15, 0.2) is 23.2 Å². The molecule has 1 aliphatic rings. The number of rotatable bonds is 2. The SMILES string of the molecule is Nc1nc(F)nc2c1ncn2C1O[C@H](CO)C(O)[C@@H]1O. The van der Waals surface area contributed by atoms with Crippen LogP contribution in [0.2, 0.25) is 0 Å². The first-order valence-electron chi connectivity index (χ1n) is 5.81. The van der Waals surface area contributed by atoms with E-state index in [2.05, 4.69) is 15.0 Å². The third-order valence-electron chi connectivity index (χ3n) is 3.21. The number of anilines is 1. The van der Waals surface area contributed by atoms with Crippen LogP contribution in [-0.2, 0) is 4.74 Å². The first-order chi connectivity index (χ1) is 9.52. The maximum absolute atomic E-state index is 13.2. The van der Waals surface area contributed by atoms with E-state index in [9.17, 15) is 14.6 Å². The van der Waals surface area contributed by atoms with Crippen LogP contribution >= 0.6 is 0 Å². The van der Waals surface area contributed by atoms with Crippen molar-refractivity contribution in [2.24, 2.45) is 0 Å². The molecule has 3 rings (SSSR count). The molecule has 4 atom stereocenters. The summed E-state index contributed by atoms with van der Waals surface area (Å²) < 4.78 is 19.8. The van der Waals surface area contributed by atoms with Crippen LogP contribution in [-0.4, -0.2) is 59.8 Å². The summed E-state index contributed by atoms with van der Waals surface area (Å²) in [7, 11) is 0. The fourth-order valence-corrected chi connectivity index (χ4v) is 2.21. The second kappa shape index (κ2) is 4.59. The first-order valence-corrected chi connectivity index (χ1v) is 5.81. The van der Waals surface area contributed by atoms with Gasteiger partial charge >= 0.3 is 6.08 Å². The number of ether oxygens (including phenoxy) is 1. The number of halogens is 1. The zero-order chi connectivity index (χ0) is 14.4. The maximum Gasteiger partial charge on any atom is 0.312 e. The Bertz CT molecular complexity index is 650. The van der Waals surface area contributed by atoms with Crippen LogP contribution in [0.3, 0.4) is 0 Å². The highest BCUT2D eigenvalue weighted by molar-refractivity contribution is 5.81. The number of fused-ring (bicyclic) bond motifs is 1. The van der Waals surface area contributed by atoms with E-state index in [4.69, 9.17) is 15.6 Å². The molecule has 0 spiro atoms. The third-order valence-corrected chi connectivity index (χ3v) is 3.21. The van der Waals surface area contributed by atoms with Crippen molar-refractivity contribution >= 4 is 17.0 Å². The van der Waals surface area contributed by atoms with Crippen molar-refractivity contribution in [2.75, 3.05) is 12.3 Å². The monoisotopic (exact) mass is 285 g/mol. The number of nitrogen functional groups attached to an aromatic ring is 1. The van der Waals surface area contributed by atoms with Gasteiger partial charge in [0.2, 0.25) is 0 Å². The summed E-state index contributed by atoms with van der Waals surface area (Å²) in [4.78, 5) is 10.8. The lowest BCUT2D eigenvalue weighted by molar-refractivity contribution is -0.0511. The van der Waals surface area contributed by atoms with Crippen molar-refractivity contribution < 1.29 is 24.4 Å². The Morgan fingerprint density at radius 1 is 1.35 bits per heavy atom. The van der Waals surface area contributed by atoms with Gasteiger partial charge in [-0.25, -0.2) is 4.98 Å². The molecular weight excluding hydrogens is 273 g/mol. The van der Waals surface area contributed by atoms with Crippen LogP contribution < -0.4 is 5.73 Å². The topological polar surface area (TPSA) is 140 Å². The standard InChI is InChI=1S/C10H12FN5O4/c11-10-14-7(12)4-8(15-10)16(2-13-4)9-6(19)5(18)3(1-17)20-9/h2-3,5-6,9,17-19H,1H2,(H2,12,14,15)/t3-,5?,6+,9?/m1/s1. The number of aromatic nitrogens is 4. The lowest BCUT2D eigenvalue weighted by Crippen LogP contribution is -2.33. The molecule has 1 fully saturated rings. The van der Waals surface area contributed by atoms with Gasteiger partial charge in [-0.15, -0.1) is 0 Å². The van der Waals surface area contributed by atoms with Gasteiger partial charge in [-0.1, -0.05) is 0 Å². The Balaban J connectivity index is 2.07. The van der Waals surface area contributed by atoms with Gasteiger partial charge in [0.05, 0.1) is 12.9 Å². The smallest absolute Gasteiger partial charge is 0.312 e. The Labute approximate surface area is 111 Å². The minimum Gasteiger partial charge on any atom is -0.394 e. The quantitative estimate of drug-likeness (QED) is 0.472. The zero-order valence-corrected chi connectivity index (χ0v) is 10.1. The number of imidazole rings is 1. The summed E-state index contributed by atoms with van der Waals surface area (Å²) >= 11 is 0. The van der Waals surface area contributed by atoms with Crippen molar-refractivity contribution in [1.82, 2.24) is 19.5 Å². The largest absolute Gasteiger partial charge is 0.394 e. The first kappa shape index (κ1) is 13.1. The summed E-state index contributed by atoms with van der Waals surface area (Å²) in [5.41, 5.74) is 5.71. The fourth-order valence-electron chi connectivity index (χ4n) is 2.21. The molecule has 1 saturated heterocycles. The molecule has 5 N–H and O–H groups in total. The predicted octanol–water partition coefficient (Wildman–Crippen LogP) is -1.84. The van der Waals surface area contributed by atoms with E-state index in [0.29, 0.717) is 0 Å². The van der Waals surface area contributed by atoms with Crippen LogP contribution in [0.15, 0.2) is 6.33 Å². The number of hydrogen-bond donors (Lipinski definition) is 4. The number of hydrogen-bond acceptors (Lipinski definition) is 8. The summed E-state index contributed by atoms with van der Waals surface area (Å²) in [6, 6.07) is 0. The molecule has 20 heavy (non-hydrogen) atoms. The average Bonchev–Trinajstić information content (AvgIpc) is 2.93. The van der Waals surface area contributed by atoms with E-state index in [0.717, 1.165) is 0 Å². The number of nitrogens with zero attached hydrogens (tertiary/aromatic N) is 4. The van der Waals surface area contributed by atoms with E-state index in [1.807, 2.05) is 0 Å².